The van der Waals surface area contributed by atoms with Crippen molar-refractivity contribution in [3.05, 3.63) is 19.1 Å². The molecule has 0 saturated carbocycles. The van der Waals surface area contributed by atoms with Crippen molar-refractivity contribution in [1.82, 2.24) is 0 Å². The van der Waals surface area contributed by atoms with E-state index < -0.39 is 0 Å². The van der Waals surface area contributed by atoms with Gasteiger partial charge in [0.1, 0.15) is 0 Å². The van der Waals surface area contributed by atoms with Gasteiger partial charge in [-0.1, -0.05) is 6.92 Å². The van der Waals surface area contributed by atoms with E-state index in [1.807, 2.05) is 6.92 Å². The Bertz CT molecular complexity index is 35.3. The molecule has 0 N–H and O–H groups in total. The minimum Gasteiger partial charge on any atom is -0.0577 e. The van der Waals surface area contributed by atoms with E-state index in [-0.39, 0.29) is 0 Å². The molecule has 5 heavy (non-hydrogen) atoms. The van der Waals surface area contributed by atoms with Gasteiger partial charge < -0.3 is 0 Å². The topological polar surface area (TPSA) is 0 Å². The summed E-state index contributed by atoms with van der Waals surface area (Å²) in [5, 5.41) is 0. The predicted octanol–water partition coefficient (Wildman–Crippen LogP) is 1.79. The van der Waals surface area contributed by atoms with Crippen LogP contribution < -0.4 is 0 Å². The molecule has 0 aromatic rings. The molecule has 0 amide bonds. The fraction of sp³-hybridized carbons (Fsp3) is 0.400. The number of hydrogen-bond donors (Lipinski definition) is 0. The Labute approximate surface area is 33.5 Å². The summed E-state index contributed by atoms with van der Waals surface area (Å²) in [4.78, 5) is 0. The quantitative estimate of drug-likeness (QED) is 0.412. The van der Waals surface area contributed by atoms with Gasteiger partial charge in [-0.3, -0.25) is 0 Å². The summed E-state index contributed by atoms with van der Waals surface area (Å²) in [6, 6.07) is 0. The monoisotopic (exact) mass is 69.1 g/mol. The van der Waals surface area contributed by atoms with Crippen LogP contribution in [0.1, 0.15) is 13.3 Å². The molecule has 0 heteroatoms. The lowest BCUT2D eigenvalue weighted by Gasteiger charge is -1.69. The third-order valence-electron chi connectivity index (χ3n) is 0.500. The van der Waals surface area contributed by atoms with Crippen LogP contribution in [0.15, 0.2) is 12.2 Å². The van der Waals surface area contributed by atoms with Crippen LogP contribution in [-0.4, -0.2) is 0 Å². The van der Waals surface area contributed by atoms with E-state index in [9.17, 15) is 0 Å². The zero-order chi connectivity index (χ0) is 4.28. The predicted molar refractivity (Wildman–Crippen MR) is 24.8 cm³/mol. The fourth-order valence-corrected chi connectivity index (χ4v) is 0. The molecule has 0 spiro atoms. The van der Waals surface area contributed by atoms with Crippen molar-refractivity contribution in [2.24, 2.45) is 0 Å². The average Bonchev–Trinajstić information content (AvgIpc) is 1.38. The first-order valence-electron chi connectivity index (χ1n) is 1.77. The lowest BCUT2D eigenvalue weighted by molar-refractivity contribution is 1.16. The van der Waals surface area contributed by atoms with Crippen molar-refractivity contribution in [2.45, 2.75) is 13.3 Å². The molecule has 0 radical (unpaired) electrons. The molecular formula is C5H9+. The van der Waals surface area contributed by atoms with Crippen molar-refractivity contribution < 1.29 is 0 Å². The van der Waals surface area contributed by atoms with Crippen molar-refractivity contribution >= 4 is 0 Å². The third kappa shape index (κ3) is 3.61. The molecule has 0 fully saturated rings. The van der Waals surface area contributed by atoms with Gasteiger partial charge in [0.25, 0.3) is 0 Å². The molecule has 0 aliphatic rings. The number of rotatable bonds is 1. The molecule has 0 bridgehead atoms. The standard InChI is InChI=1S/C5H9/c1-4-5(2)3/h2-4H2,1H3/q+1. The molecule has 0 unspecified atom stereocenters. The van der Waals surface area contributed by atoms with Gasteiger partial charge in [0.05, 0.1) is 5.57 Å². The Hall–Kier alpha value is -0.390. The van der Waals surface area contributed by atoms with Gasteiger partial charge in [-0.25, -0.2) is 0 Å². The van der Waals surface area contributed by atoms with E-state index >= 15 is 0 Å². The highest BCUT2D eigenvalue weighted by Crippen LogP contribution is 1.87. The van der Waals surface area contributed by atoms with Crippen molar-refractivity contribution in [2.75, 3.05) is 0 Å². The maximum Gasteiger partial charge on any atom is 0.0961 e. The maximum absolute atomic E-state index is 3.56. The smallest absolute Gasteiger partial charge is 0.0577 e. The zero-order valence-electron chi connectivity index (χ0n) is 3.62. The first-order valence-corrected chi connectivity index (χ1v) is 1.77. The average molecular weight is 69.1 g/mol. The maximum atomic E-state index is 3.56. The summed E-state index contributed by atoms with van der Waals surface area (Å²) in [5.41, 5.74) is 1.00. The summed E-state index contributed by atoms with van der Waals surface area (Å²) in [6.07, 6.45) is 1.00. The second-order valence-corrected chi connectivity index (χ2v) is 1.10. The highest BCUT2D eigenvalue weighted by atomic mass is 13.7. The van der Waals surface area contributed by atoms with E-state index in [4.69, 9.17) is 0 Å². The molecule has 0 saturated heterocycles. The first-order chi connectivity index (χ1) is 2.27. The highest BCUT2D eigenvalue weighted by molar-refractivity contribution is 4.94. The van der Waals surface area contributed by atoms with E-state index in [2.05, 4.69) is 13.5 Å². The normalized spacial score (nSPS) is 7.40. The molecule has 28 valence electrons. The lowest BCUT2D eigenvalue weighted by Crippen LogP contribution is -1.59. The summed E-state index contributed by atoms with van der Waals surface area (Å²) in [6.45, 7) is 9.16. The highest BCUT2D eigenvalue weighted by Gasteiger charge is 1.78. The van der Waals surface area contributed by atoms with Gasteiger partial charge in [0.15, 0.2) is 0 Å². The van der Waals surface area contributed by atoms with Gasteiger partial charge in [0, 0.05) is 19.9 Å². The van der Waals surface area contributed by atoms with Crippen LogP contribution >= 0.6 is 0 Å². The van der Waals surface area contributed by atoms with E-state index in [0.29, 0.717) is 0 Å². The molecule has 0 aliphatic heterocycles. The third-order valence-corrected chi connectivity index (χ3v) is 0.500. The molecule has 0 rings (SSSR count). The molecular weight excluding hydrogens is 60.1 g/mol. The van der Waals surface area contributed by atoms with Gasteiger partial charge in [-0.05, 0) is 0 Å². The summed E-state index contributed by atoms with van der Waals surface area (Å²) in [7, 11) is 0. The minimum atomic E-state index is 1.00. The van der Waals surface area contributed by atoms with Crippen molar-refractivity contribution in [3.63, 3.8) is 0 Å². The Balaban J connectivity index is 2.85. The largest absolute Gasteiger partial charge is 0.0961 e. The Kier molecular flexibility index (Phi) is 1.74. The molecule has 0 aliphatic carbocycles. The Morgan fingerprint density at radius 1 is 2.00 bits per heavy atom. The second-order valence-electron chi connectivity index (χ2n) is 1.10. The summed E-state index contributed by atoms with van der Waals surface area (Å²) in [5.74, 6) is 0. The summed E-state index contributed by atoms with van der Waals surface area (Å²) < 4.78 is 0. The Morgan fingerprint density at radius 3 is 2.20 bits per heavy atom. The van der Waals surface area contributed by atoms with Crippen LogP contribution in [0.4, 0.5) is 0 Å². The number of hydrogen-bond acceptors (Lipinski definition) is 0. The van der Waals surface area contributed by atoms with Crippen molar-refractivity contribution in [1.29, 1.82) is 0 Å². The van der Waals surface area contributed by atoms with Gasteiger partial charge >= 0.3 is 0 Å². The molecule has 0 atom stereocenters. The van der Waals surface area contributed by atoms with E-state index in [1.54, 1.807) is 0 Å². The number of allylic oxidation sites excluding steroid dienone is 1. The van der Waals surface area contributed by atoms with Crippen LogP contribution in [0.25, 0.3) is 0 Å². The summed E-state index contributed by atoms with van der Waals surface area (Å²) >= 11 is 0. The molecule has 0 nitrogen and oxygen atoms in total. The zero-order valence-corrected chi connectivity index (χ0v) is 3.62. The van der Waals surface area contributed by atoms with E-state index in [0.717, 1.165) is 12.0 Å². The van der Waals surface area contributed by atoms with Crippen LogP contribution in [0, 0.1) is 6.92 Å². The van der Waals surface area contributed by atoms with Crippen LogP contribution in [-0.2, 0) is 0 Å². The minimum absolute atomic E-state index is 1.00. The van der Waals surface area contributed by atoms with Crippen LogP contribution in [0.3, 0.4) is 0 Å². The second kappa shape index (κ2) is 1.89. The Morgan fingerprint density at radius 2 is 2.20 bits per heavy atom. The van der Waals surface area contributed by atoms with Gasteiger partial charge in [-0.2, -0.15) is 0 Å². The lowest BCUT2D eigenvalue weighted by atomic mass is 10.3. The van der Waals surface area contributed by atoms with E-state index in [1.165, 1.54) is 0 Å². The SMILES string of the molecule is C=C([CH2+])CC. The van der Waals surface area contributed by atoms with Gasteiger partial charge in [-0.15, -0.1) is 0 Å². The van der Waals surface area contributed by atoms with Crippen molar-refractivity contribution in [3.8, 4) is 0 Å². The molecule has 0 aromatic heterocycles. The fourth-order valence-electron chi connectivity index (χ4n) is 0. The molecule has 0 aromatic carbocycles. The van der Waals surface area contributed by atoms with Crippen LogP contribution in [0.5, 0.6) is 0 Å². The van der Waals surface area contributed by atoms with Crippen LogP contribution in [0.2, 0.25) is 0 Å². The van der Waals surface area contributed by atoms with Gasteiger partial charge in [0.2, 0.25) is 0 Å². The molecule has 0 heterocycles. The first kappa shape index (κ1) is 4.61.